The molecule has 396 valence electrons. The molecule has 1 aliphatic heterocycles. The van der Waals surface area contributed by atoms with Crippen LogP contribution < -0.4 is 14.2 Å². The van der Waals surface area contributed by atoms with Crippen LogP contribution >= 0.6 is 0 Å². The topological polar surface area (TPSA) is 227 Å². The smallest absolute Gasteiger partial charge is 0.410 e. The first-order chi connectivity index (χ1) is 36.2. The minimum Gasteiger partial charge on any atom is -0.496 e. The molecule has 1 saturated carbocycles. The molecule has 0 unspecified atom stereocenters. The molecule has 0 saturated heterocycles. The minimum absolute atomic E-state index is 0.00346. The molecule has 3 N–H and O–H groups in total. The van der Waals surface area contributed by atoms with E-state index in [-0.39, 0.29) is 90.0 Å². The zero-order valence-corrected chi connectivity index (χ0v) is 41.8. The monoisotopic (exact) mass is 1020 g/mol. The van der Waals surface area contributed by atoms with Gasteiger partial charge in [0.25, 0.3) is 5.69 Å². The molecule has 74 heavy (non-hydrogen) atoms. The number of non-ortho nitro benzene ring substituents is 1. The van der Waals surface area contributed by atoms with Crippen molar-refractivity contribution in [2.24, 2.45) is 22.9 Å². The van der Waals surface area contributed by atoms with Gasteiger partial charge in [-0.25, -0.2) is 4.79 Å². The van der Waals surface area contributed by atoms with E-state index in [0.29, 0.717) is 91.3 Å². The molecule has 18 nitrogen and oxygen atoms in total. The Balaban J connectivity index is 1.38. The summed E-state index contributed by atoms with van der Waals surface area (Å²) in [5.74, 6) is -1.20. The number of unbranched alkanes of at least 4 members (excludes halogenated alkanes) is 2. The van der Waals surface area contributed by atoms with Gasteiger partial charge in [-0.3, -0.25) is 19.8 Å². The first kappa shape index (κ1) is 55.1. The van der Waals surface area contributed by atoms with Crippen molar-refractivity contribution < 1.29 is 67.8 Å². The fraction of sp³-hybridized carbons (Fsp3) is 0.446. The first-order valence-electron chi connectivity index (χ1n) is 25.2. The van der Waals surface area contributed by atoms with Crippen LogP contribution in [-0.2, 0) is 37.0 Å². The molecule has 4 aromatic rings. The second-order valence-electron chi connectivity index (χ2n) is 18.3. The zero-order valence-electron chi connectivity index (χ0n) is 41.8. The molecule has 3 aliphatic rings. The number of allylic oxidation sites excluding steroid dienone is 1. The van der Waals surface area contributed by atoms with Crippen LogP contribution in [0.25, 0.3) is 0 Å². The molecule has 18 heteroatoms. The largest absolute Gasteiger partial charge is 0.496 e. The fourth-order valence-corrected chi connectivity index (χ4v) is 10.4. The number of methoxy groups -OCH3 is 1. The summed E-state index contributed by atoms with van der Waals surface area (Å²) in [4.78, 5) is 45.6. The molecular weight excluding hydrogens is 955 g/mol. The summed E-state index contributed by atoms with van der Waals surface area (Å²) >= 11 is 0. The van der Waals surface area contributed by atoms with E-state index in [4.69, 9.17) is 43.2 Å². The van der Waals surface area contributed by atoms with Crippen molar-refractivity contribution in [2.45, 2.75) is 75.9 Å². The van der Waals surface area contributed by atoms with E-state index < -0.39 is 34.7 Å². The van der Waals surface area contributed by atoms with Crippen LogP contribution in [0.1, 0.15) is 77.9 Å². The highest BCUT2D eigenvalue weighted by Crippen LogP contribution is 2.62. The number of aliphatic hydroxyl groups is 3. The molecule has 0 bridgehead atoms. The number of nitrogens with zero attached hydrogens (tertiary/aromatic N) is 3. The van der Waals surface area contributed by atoms with Crippen LogP contribution in [-0.4, -0.2) is 122 Å². The van der Waals surface area contributed by atoms with Crippen LogP contribution in [0.2, 0.25) is 0 Å². The van der Waals surface area contributed by atoms with Crippen molar-refractivity contribution in [1.29, 1.82) is 0 Å². The number of hydrogen-bond acceptors (Lipinski definition) is 16. The predicted octanol–water partition coefficient (Wildman–Crippen LogP) is 8.71. The summed E-state index contributed by atoms with van der Waals surface area (Å²) in [6.07, 6.45) is 7.80. The van der Waals surface area contributed by atoms with Crippen molar-refractivity contribution in [3.63, 3.8) is 0 Å². The fourth-order valence-electron chi connectivity index (χ4n) is 10.4. The van der Waals surface area contributed by atoms with Gasteiger partial charge in [-0.15, -0.1) is 6.58 Å². The predicted molar refractivity (Wildman–Crippen MR) is 273 cm³/mol. The summed E-state index contributed by atoms with van der Waals surface area (Å²) < 4.78 is 44.0. The van der Waals surface area contributed by atoms with Gasteiger partial charge in [-0.1, -0.05) is 60.5 Å². The number of benzene rings is 4. The highest BCUT2D eigenvalue weighted by Gasteiger charge is 2.65. The molecule has 2 aliphatic carbocycles. The lowest BCUT2D eigenvalue weighted by Crippen LogP contribution is -2.70. The van der Waals surface area contributed by atoms with Crippen LogP contribution in [0.5, 0.6) is 23.0 Å². The summed E-state index contributed by atoms with van der Waals surface area (Å²) in [7, 11) is 1.49. The number of aliphatic hydroxyl groups excluding tert-OH is 3. The molecular formula is C56H67N3O15. The number of nitro groups is 1. The van der Waals surface area contributed by atoms with Gasteiger partial charge >= 0.3 is 6.09 Å². The number of nitro benzene ring substituents is 1. The van der Waals surface area contributed by atoms with Crippen molar-refractivity contribution in [1.82, 2.24) is 4.90 Å². The maximum atomic E-state index is 14.8. The molecule has 1 heterocycles. The third-order valence-corrected chi connectivity index (χ3v) is 13.6. The Hall–Kier alpha value is -6.67. The minimum atomic E-state index is -1.64. The van der Waals surface area contributed by atoms with Gasteiger partial charge in [0.15, 0.2) is 6.29 Å². The van der Waals surface area contributed by atoms with Crippen LogP contribution in [0.4, 0.5) is 10.5 Å². The van der Waals surface area contributed by atoms with E-state index in [1.54, 1.807) is 42.5 Å². The summed E-state index contributed by atoms with van der Waals surface area (Å²) in [6, 6.07) is 25.2. The Morgan fingerprint density at radius 3 is 2.34 bits per heavy atom. The normalized spacial score (nSPS) is 21.1. The molecule has 6 atom stereocenters. The van der Waals surface area contributed by atoms with Gasteiger partial charge in [0.1, 0.15) is 42.3 Å². The number of rotatable bonds is 30. The highest BCUT2D eigenvalue weighted by molar-refractivity contribution is 6.03. The summed E-state index contributed by atoms with van der Waals surface area (Å²) in [5.41, 5.74) is 3.92. The average Bonchev–Trinajstić information content (AvgIpc) is 3.43. The number of carbonyl (C=O) groups excluding carboxylic acids is 2. The second kappa shape index (κ2) is 27.6. The van der Waals surface area contributed by atoms with Crippen molar-refractivity contribution in [3.05, 3.63) is 148 Å². The first-order valence-corrected chi connectivity index (χ1v) is 25.2. The van der Waals surface area contributed by atoms with E-state index in [1.807, 2.05) is 42.5 Å². The van der Waals surface area contributed by atoms with Crippen LogP contribution in [0.3, 0.4) is 0 Å². The van der Waals surface area contributed by atoms with Crippen molar-refractivity contribution in [2.75, 3.05) is 66.5 Å². The Morgan fingerprint density at radius 1 is 0.878 bits per heavy atom. The molecule has 7 rings (SSSR count). The average molecular weight is 1020 g/mol. The molecule has 1 amide bonds. The van der Waals surface area contributed by atoms with E-state index >= 15 is 0 Å². The summed E-state index contributed by atoms with van der Waals surface area (Å²) in [6.45, 7) is 4.14. The Labute approximate surface area is 431 Å². The highest BCUT2D eigenvalue weighted by atomic mass is 16.7. The number of hydrogen-bond donors (Lipinski definition) is 3. The number of carbonyl (C=O) groups is 2. The standard InChI is InChI=1S/C56H67N3O15/c1-3-27-71-56-52(58(23-28-68-29-26-62)55(64)70-31-30-69-37-39-11-5-4-6-12-39)35-49(57-72-38-40-15-17-43(18-16-40)59(65)66)47-33-41(13-7-9-24-60)46(14-8-10-25-61)53(54(47)56)48-34-45(20-22-51(48)74-56)73-44-19-21-50(67-2)42(32-44)36-63/h3-6,11-12,15-22,32-34,36,41,46,52-54,60-62H,1,7-10,13-14,23-31,35,37-38H2,2H3/t41-,46+,52-,53+,54+,56+/m0/s1. The number of oxime groups is 1. The molecule has 1 fully saturated rings. The Morgan fingerprint density at radius 2 is 1.62 bits per heavy atom. The Bertz CT molecular complexity index is 2540. The molecule has 4 aromatic carbocycles. The quantitative estimate of drug-likeness (QED) is 0.0146. The van der Waals surface area contributed by atoms with Gasteiger partial charge in [0.2, 0.25) is 5.79 Å². The molecule has 0 radical (unpaired) electrons. The third-order valence-electron chi connectivity index (χ3n) is 13.6. The van der Waals surface area contributed by atoms with E-state index in [0.717, 1.165) is 16.7 Å². The van der Waals surface area contributed by atoms with Crippen LogP contribution in [0.15, 0.2) is 120 Å². The maximum absolute atomic E-state index is 14.8. The van der Waals surface area contributed by atoms with Gasteiger partial charge in [-0.2, -0.15) is 0 Å². The van der Waals surface area contributed by atoms with Gasteiger partial charge < -0.3 is 53.3 Å². The second-order valence-corrected chi connectivity index (χ2v) is 18.3. The van der Waals surface area contributed by atoms with Gasteiger partial charge in [0.05, 0.1) is 68.9 Å². The van der Waals surface area contributed by atoms with Crippen LogP contribution in [0, 0.1) is 27.9 Å². The lowest BCUT2D eigenvalue weighted by atomic mass is 9.55. The number of amides is 1. The maximum Gasteiger partial charge on any atom is 0.410 e. The van der Waals surface area contributed by atoms with Gasteiger partial charge in [-0.05, 0) is 103 Å². The van der Waals surface area contributed by atoms with Gasteiger partial charge in [0, 0.05) is 49.8 Å². The SMILES string of the molecule is C=CCO[C@@]12Oc3ccc(Oc4ccc(OC)c(C=O)c4)cc3[C@H]3[C@H](CCCCO)[C@@H](CCCCO)C=C(C(=NOCc4ccc([N+](=O)[O-])cc4)C[C@@H]1N(CCOCCO)C(=O)OCCOCc1ccccc1)[C@H]32. The zero-order chi connectivity index (χ0) is 52.3. The van der Waals surface area contributed by atoms with E-state index in [2.05, 4.69) is 12.7 Å². The Kier molecular flexibility index (Phi) is 20.5. The number of ether oxygens (including phenoxy) is 7. The lowest BCUT2D eigenvalue weighted by Gasteiger charge is -2.59. The van der Waals surface area contributed by atoms with Crippen molar-refractivity contribution in [3.8, 4) is 23.0 Å². The van der Waals surface area contributed by atoms with Crippen molar-refractivity contribution >= 4 is 23.8 Å². The number of fused-ring (bicyclic) bond motifs is 2. The molecule has 0 spiro atoms. The molecule has 0 aromatic heterocycles. The lowest BCUT2D eigenvalue weighted by molar-refractivity contribution is -0.384. The van der Waals surface area contributed by atoms with E-state index in [1.165, 1.54) is 24.1 Å². The third kappa shape index (κ3) is 13.5. The summed E-state index contributed by atoms with van der Waals surface area (Å²) in [5, 5.41) is 46.1. The van der Waals surface area contributed by atoms with E-state index in [9.17, 15) is 35.0 Å². The number of aldehydes is 1.